The number of aromatic nitrogens is 2. The van der Waals surface area contributed by atoms with Gasteiger partial charge in [0.1, 0.15) is 17.0 Å². The van der Waals surface area contributed by atoms with E-state index in [0.29, 0.717) is 0 Å². The molecular weight excluding hydrogens is 346 g/mol. The second-order valence-electron chi connectivity index (χ2n) is 5.03. The third-order valence-electron chi connectivity index (χ3n) is 3.42. The van der Waals surface area contributed by atoms with Gasteiger partial charge in [0.25, 0.3) is 0 Å². The Morgan fingerprint density at radius 1 is 1.14 bits per heavy atom. The molecule has 2 heterocycles. The van der Waals surface area contributed by atoms with Gasteiger partial charge in [-0.3, -0.25) is 0 Å². The first-order valence-electron chi connectivity index (χ1n) is 6.81. The topological polar surface area (TPSA) is 29.0 Å². The van der Waals surface area contributed by atoms with Crippen LogP contribution < -0.4 is 4.90 Å². The van der Waals surface area contributed by atoms with E-state index in [1.165, 1.54) is 16.0 Å². The molecule has 0 spiro atoms. The molecule has 0 atom stereocenters. The molecule has 0 bridgehead atoms. The summed E-state index contributed by atoms with van der Waals surface area (Å²) in [6.45, 7) is 2.19. The van der Waals surface area contributed by atoms with Crippen LogP contribution in [-0.2, 0) is 6.42 Å². The van der Waals surface area contributed by atoms with E-state index in [0.717, 1.165) is 26.9 Å². The van der Waals surface area contributed by atoms with E-state index in [2.05, 4.69) is 62.0 Å². The Balaban J connectivity index is 2.36. The maximum absolute atomic E-state index is 4.47. The van der Waals surface area contributed by atoms with E-state index >= 15 is 0 Å². The molecule has 0 aliphatic rings. The molecule has 3 rings (SSSR count). The number of nitrogens with zero attached hydrogens (tertiary/aromatic N) is 3. The van der Waals surface area contributed by atoms with E-state index < -0.39 is 0 Å². The number of halogens is 1. The van der Waals surface area contributed by atoms with E-state index in [1.54, 1.807) is 17.7 Å². The molecule has 0 saturated carbocycles. The van der Waals surface area contributed by atoms with Gasteiger partial charge in [0.05, 0.1) is 5.39 Å². The van der Waals surface area contributed by atoms with Gasteiger partial charge in [-0.1, -0.05) is 35.0 Å². The van der Waals surface area contributed by atoms with Gasteiger partial charge in [-0.15, -0.1) is 11.3 Å². The molecule has 5 heteroatoms. The summed E-state index contributed by atoms with van der Waals surface area (Å²) < 4.78 is 1.09. The SMILES string of the molecule is CCc1sc2ncnc(N(C)C)c2c1-c1ccc(Br)cc1. The summed E-state index contributed by atoms with van der Waals surface area (Å²) in [6, 6.07) is 8.46. The number of fused-ring (bicyclic) bond motifs is 1. The molecule has 0 radical (unpaired) electrons. The Hall–Kier alpha value is -1.46. The van der Waals surface area contributed by atoms with Crippen LogP contribution >= 0.6 is 27.3 Å². The number of aryl methyl sites for hydroxylation is 1. The number of thiophene rings is 1. The Morgan fingerprint density at radius 3 is 2.48 bits per heavy atom. The maximum atomic E-state index is 4.47. The minimum atomic E-state index is 0.980. The van der Waals surface area contributed by atoms with Crippen molar-refractivity contribution in [3.05, 3.63) is 39.9 Å². The van der Waals surface area contributed by atoms with Crippen molar-refractivity contribution in [1.29, 1.82) is 0 Å². The first-order valence-corrected chi connectivity index (χ1v) is 8.42. The fourth-order valence-corrected chi connectivity index (χ4v) is 3.83. The molecule has 0 amide bonds. The van der Waals surface area contributed by atoms with Gasteiger partial charge in [0.15, 0.2) is 0 Å². The molecule has 108 valence electrons. The normalized spacial score (nSPS) is 11.0. The molecule has 3 aromatic rings. The number of anilines is 1. The first kappa shape index (κ1) is 14.5. The van der Waals surface area contributed by atoms with Crippen molar-refractivity contribution in [1.82, 2.24) is 9.97 Å². The Bertz CT molecular complexity index is 778. The van der Waals surface area contributed by atoms with Gasteiger partial charge < -0.3 is 4.90 Å². The van der Waals surface area contributed by atoms with Crippen LogP contribution in [-0.4, -0.2) is 24.1 Å². The van der Waals surface area contributed by atoms with E-state index in [4.69, 9.17) is 0 Å². The van der Waals surface area contributed by atoms with E-state index in [-0.39, 0.29) is 0 Å². The Kier molecular flexibility index (Phi) is 3.95. The zero-order valence-electron chi connectivity index (χ0n) is 12.2. The zero-order valence-corrected chi connectivity index (χ0v) is 14.6. The zero-order chi connectivity index (χ0) is 15.0. The fourth-order valence-electron chi connectivity index (χ4n) is 2.47. The molecule has 21 heavy (non-hydrogen) atoms. The Morgan fingerprint density at radius 2 is 1.86 bits per heavy atom. The summed E-state index contributed by atoms with van der Waals surface area (Å²) >= 11 is 5.27. The van der Waals surface area contributed by atoms with Crippen molar-refractivity contribution in [3.63, 3.8) is 0 Å². The van der Waals surface area contributed by atoms with Crippen molar-refractivity contribution < 1.29 is 0 Å². The minimum absolute atomic E-state index is 0.980. The molecule has 0 N–H and O–H groups in total. The molecule has 0 aliphatic carbocycles. The summed E-state index contributed by atoms with van der Waals surface area (Å²) in [4.78, 5) is 13.4. The second-order valence-corrected chi connectivity index (χ2v) is 7.03. The van der Waals surface area contributed by atoms with Crippen molar-refractivity contribution in [3.8, 4) is 11.1 Å². The highest BCUT2D eigenvalue weighted by molar-refractivity contribution is 9.10. The molecule has 3 nitrogen and oxygen atoms in total. The molecule has 1 aromatic carbocycles. The highest BCUT2D eigenvalue weighted by atomic mass is 79.9. The lowest BCUT2D eigenvalue weighted by Gasteiger charge is -2.13. The van der Waals surface area contributed by atoms with Crippen molar-refractivity contribution in [2.75, 3.05) is 19.0 Å². The number of hydrogen-bond donors (Lipinski definition) is 0. The van der Waals surface area contributed by atoms with E-state index in [1.807, 2.05) is 14.1 Å². The van der Waals surface area contributed by atoms with Gasteiger partial charge in [-0.05, 0) is 24.1 Å². The molecule has 0 unspecified atom stereocenters. The second kappa shape index (κ2) is 5.73. The molecule has 0 fully saturated rings. The summed E-state index contributed by atoms with van der Waals surface area (Å²) in [7, 11) is 4.05. The lowest BCUT2D eigenvalue weighted by molar-refractivity contribution is 1.06. The van der Waals surface area contributed by atoms with Crippen LogP contribution in [0.5, 0.6) is 0 Å². The summed E-state index contributed by atoms with van der Waals surface area (Å²) in [6.07, 6.45) is 2.65. The fraction of sp³-hybridized carbons (Fsp3) is 0.250. The average Bonchev–Trinajstić information content (AvgIpc) is 2.86. The van der Waals surface area contributed by atoms with Gasteiger partial charge in [0, 0.05) is 29.0 Å². The largest absolute Gasteiger partial charge is 0.362 e. The molecule has 0 aliphatic heterocycles. The van der Waals surface area contributed by atoms with Crippen LogP contribution in [0.4, 0.5) is 5.82 Å². The number of rotatable bonds is 3. The quantitative estimate of drug-likeness (QED) is 0.673. The van der Waals surface area contributed by atoms with Crippen molar-refractivity contribution in [2.24, 2.45) is 0 Å². The van der Waals surface area contributed by atoms with Crippen LogP contribution in [0.2, 0.25) is 0 Å². The highest BCUT2D eigenvalue weighted by Gasteiger charge is 2.18. The lowest BCUT2D eigenvalue weighted by atomic mass is 10.0. The predicted molar refractivity (Wildman–Crippen MR) is 94.3 cm³/mol. The van der Waals surface area contributed by atoms with Crippen LogP contribution in [0.25, 0.3) is 21.3 Å². The van der Waals surface area contributed by atoms with Crippen LogP contribution in [0.3, 0.4) is 0 Å². The van der Waals surface area contributed by atoms with Gasteiger partial charge in [-0.2, -0.15) is 0 Å². The number of benzene rings is 1. The van der Waals surface area contributed by atoms with Gasteiger partial charge in [-0.25, -0.2) is 9.97 Å². The minimum Gasteiger partial charge on any atom is -0.362 e. The highest BCUT2D eigenvalue weighted by Crippen LogP contribution is 2.41. The third kappa shape index (κ3) is 2.56. The van der Waals surface area contributed by atoms with Crippen LogP contribution in [0.15, 0.2) is 35.1 Å². The van der Waals surface area contributed by atoms with E-state index in [9.17, 15) is 0 Å². The van der Waals surface area contributed by atoms with Crippen molar-refractivity contribution >= 4 is 43.3 Å². The maximum Gasteiger partial charge on any atom is 0.140 e. The monoisotopic (exact) mass is 361 g/mol. The van der Waals surface area contributed by atoms with Crippen molar-refractivity contribution in [2.45, 2.75) is 13.3 Å². The lowest BCUT2D eigenvalue weighted by Crippen LogP contribution is -2.11. The van der Waals surface area contributed by atoms with Crippen LogP contribution in [0, 0.1) is 0 Å². The summed E-state index contributed by atoms with van der Waals surface area (Å²) in [5.74, 6) is 0.980. The van der Waals surface area contributed by atoms with Crippen LogP contribution in [0.1, 0.15) is 11.8 Å². The van der Waals surface area contributed by atoms with Gasteiger partial charge in [0.2, 0.25) is 0 Å². The predicted octanol–water partition coefficient (Wildman–Crippen LogP) is 4.75. The summed E-state index contributed by atoms with van der Waals surface area (Å²) in [5.41, 5.74) is 2.49. The number of hydrogen-bond acceptors (Lipinski definition) is 4. The Labute approximate surface area is 136 Å². The first-order chi connectivity index (χ1) is 10.1. The average molecular weight is 362 g/mol. The molecular formula is C16H16BrN3S. The molecule has 0 saturated heterocycles. The van der Waals surface area contributed by atoms with Gasteiger partial charge >= 0.3 is 0 Å². The smallest absolute Gasteiger partial charge is 0.140 e. The third-order valence-corrected chi connectivity index (χ3v) is 5.19. The standard InChI is InChI=1S/C16H16BrN3S/c1-4-12-13(10-5-7-11(17)8-6-10)14-15(20(2)3)18-9-19-16(14)21-12/h5-9H,4H2,1-3H3. The summed E-state index contributed by atoms with van der Waals surface area (Å²) in [5, 5.41) is 1.16. The molecule has 2 aromatic heterocycles.